The number of ether oxygens (including phenoxy) is 2. The van der Waals surface area contributed by atoms with E-state index in [4.69, 9.17) is 9.47 Å². The van der Waals surface area contributed by atoms with E-state index in [1.165, 1.54) is 4.31 Å². The fraction of sp³-hybridized carbons (Fsp3) is 0.471. The second kappa shape index (κ2) is 16.5. The lowest BCUT2D eigenvalue weighted by atomic mass is 10.0. The number of carbonyl (C=O) groups is 2. The molecule has 0 saturated heterocycles. The molecule has 1 aliphatic rings. The summed E-state index contributed by atoms with van der Waals surface area (Å²) in [6.45, 7) is 6.07. The maximum atomic E-state index is 14.3. The molecule has 3 aromatic rings. The van der Waals surface area contributed by atoms with Crippen LogP contribution in [0.5, 0.6) is 5.75 Å². The van der Waals surface area contributed by atoms with Crippen molar-refractivity contribution >= 4 is 38.9 Å². The van der Waals surface area contributed by atoms with Crippen molar-refractivity contribution in [1.82, 2.24) is 9.21 Å². The third kappa shape index (κ3) is 9.38. The molecule has 250 valence electrons. The van der Waals surface area contributed by atoms with Crippen molar-refractivity contribution in [3.8, 4) is 5.75 Å². The van der Waals surface area contributed by atoms with Gasteiger partial charge in [0.2, 0.25) is 5.91 Å². The Kier molecular flexibility index (Phi) is 12.8. The molecule has 4 atom stereocenters. The maximum absolute atomic E-state index is 14.3. The summed E-state index contributed by atoms with van der Waals surface area (Å²) in [5, 5.41) is 14.8. The first-order chi connectivity index (χ1) is 22.0. The van der Waals surface area contributed by atoms with Crippen LogP contribution in [0, 0.1) is 5.92 Å². The number of aliphatic hydroxyl groups is 1. The van der Waals surface area contributed by atoms with E-state index in [0.29, 0.717) is 18.0 Å². The van der Waals surface area contributed by atoms with Gasteiger partial charge >= 0.3 is 0 Å². The van der Waals surface area contributed by atoms with Gasteiger partial charge in [-0.15, -0.1) is 11.3 Å². The van der Waals surface area contributed by atoms with Gasteiger partial charge in [-0.3, -0.25) is 9.59 Å². The monoisotopic (exact) mass is 671 g/mol. The number of fused-ring (bicyclic) bond motifs is 1. The Balaban J connectivity index is 1.62. The van der Waals surface area contributed by atoms with E-state index in [0.717, 1.165) is 36.2 Å². The molecule has 2 aromatic carbocycles. The van der Waals surface area contributed by atoms with Gasteiger partial charge in [0.25, 0.3) is 15.9 Å². The highest BCUT2D eigenvalue weighted by Gasteiger charge is 2.32. The molecule has 10 nitrogen and oxygen atoms in total. The lowest BCUT2D eigenvalue weighted by molar-refractivity contribution is -0.115. The zero-order valence-electron chi connectivity index (χ0n) is 26.9. The van der Waals surface area contributed by atoms with Crippen molar-refractivity contribution in [2.45, 2.75) is 68.9 Å². The average molecular weight is 672 g/mol. The summed E-state index contributed by atoms with van der Waals surface area (Å²) in [6.07, 6.45) is 1.76. The SMILES string of the molecule is C[C@H]1CCCCO[C@H](CN(C)S(=O)(=O)c2cccs2)[C@@H](C)CN([C@@H](C)CO)C(=O)c2cc(NC(=O)Cc3ccccc3)ccc2O1. The van der Waals surface area contributed by atoms with E-state index < -0.39 is 22.2 Å². The number of aliphatic hydroxyl groups excluding tert-OH is 1. The molecule has 0 radical (unpaired) electrons. The average Bonchev–Trinajstić information content (AvgIpc) is 3.59. The zero-order chi connectivity index (χ0) is 33.3. The van der Waals surface area contributed by atoms with Crippen LogP contribution >= 0.6 is 11.3 Å². The predicted octanol–water partition coefficient (Wildman–Crippen LogP) is 5.05. The first-order valence-corrected chi connectivity index (χ1v) is 18.0. The molecular weight excluding hydrogens is 627 g/mol. The number of hydrogen-bond donors (Lipinski definition) is 2. The lowest BCUT2D eigenvalue weighted by Crippen LogP contribution is -2.48. The number of amides is 2. The van der Waals surface area contributed by atoms with Crippen LogP contribution in [0.4, 0.5) is 5.69 Å². The number of thiophene rings is 1. The second-order valence-corrected chi connectivity index (χ2v) is 15.2. The summed E-state index contributed by atoms with van der Waals surface area (Å²) < 4.78 is 40.6. The number of likely N-dealkylation sites (N-methyl/N-ethyl adjacent to an activating group) is 1. The Bertz CT molecular complexity index is 1530. The Morgan fingerprint density at radius 2 is 1.89 bits per heavy atom. The van der Waals surface area contributed by atoms with Gasteiger partial charge in [0.05, 0.1) is 36.8 Å². The molecule has 4 rings (SSSR count). The molecule has 0 saturated carbocycles. The Hall–Kier alpha value is -3.29. The molecule has 12 heteroatoms. The summed E-state index contributed by atoms with van der Waals surface area (Å²) in [4.78, 5) is 28.7. The number of benzene rings is 2. The van der Waals surface area contributed by atoms with Crippen LogP contribution in [0.25, 0.3) is 0 Å². The quantitative estimate of drug-likeness (QED) is 0.326. The summed E-state index contributed by atoms with van der Waals surface area (Å²) in [7, 11) is -2.17. The van der Waals surface area contributed by atoms with E-state index in [1.54, 1.807) is 54.6 Å². The molecule has 2 amide bonds. The molecule has 2 heterocycles. The summed E-state index contributed by atoms with van der Waals surface area (Å²) in [5.41, 5.74) is 1.59. The van der Waals surface area contributed by atoms with Gasteiger partial charge in [-0.25, -0.2) is 8.42 Å². The van der Waals surface area contributed by atoms with Crippen LogP contribution in [-0.2, 0) is 26.0 Å². The van der Waals surface area contributed by atoms with E-state index >= 15 is 0 Å². The fourth-order valence-electron chi connectivity index (χ4n) is 5.36. The van der Waals surface area contributed by atoms with Gasteiger partial charge < -0.3 is 24.8 Å². The smallest absolute Gasteiger partial charge is 0.258 e. The van der Waals surface area contributed by atoms with Crippen LogP contribution in [-0.4, -0.2) is 86.1 Å². The summed E-state index contributed by atoms with van der Waals surface area (Å²) in [6, 6.07) is 17.2. The minimum Gasteiger partial charge on any atom is -0.490 e. The fourth-order valence-corrected chi connectivity index (χ4v) is 7.75. The highest BCUT2D eigenvalue weighted by molar-refractivity contribution is 7.91. The number of nitrogens with one attached hydrogen (secondary N) is 1. The van der Waals surface area contributed by atoms with Gasteiger partial charge in [0.15, 0.2) is 0 Å². The normalized spacial score (nSPS) is 20.8. The van der Waals surface area contributed by atoms with Crippen molar-refractivity contribution in [1.29, 1.82) is 0 Å². The number of hydrogen-bond acceptors (Lipinski definition) is 8. The molecule has 0 unspecified atom stereocenters. The minimum absolute atomic E-state index is 0.102. The van der Waals surface area contributed by atoms with Gasteiger partial charge in [-0.1, -0.05) is 43.3 Å². The Morgan fingerprint density at radius 1 is 1.13 bits per heavy atom. The van der Waals surface area contributed by atoms with Crippen molar-refractivity contribution in [3.63, 3.8) is 0 Å². The van der Waals surface area contributed by atoms with Crippen LogP contribution in [0.1, 0.15) is 56.0 Å². The topological polar surface area (TPSA) is 125 Å². The number of rotatable bonds is 9. The summed E-state index contributed by atoms with van der Waals surface area (Å²) in [5.74, 6) is -0.485. The first kappa shape index (κ1) is 35.6. The molecule has 0 spiro atoms. The van der Waals surface area contributed by atoms with Crippen LogP contribution in [0.15, 0.2) is 70.3 Å². The van der Waals surface area contributed by atoms with Gasteiger partial charge in [-0.2, -0.15) is 4.31 Å². The van der Waals surface area contributed by atoms with E-state index in [1.807, 2.05) is 44.2 Å². The largest absolute Gasteiger partial charge is 0.490 e. The standard InChI is InChI=1S/C34H45N3O7S2/c1-24-21-37(25(2)23-38)34(40)29-20-28(35-32(39)19-27-12-6-5-7-13-27)15-16-30(29)44-26(3)11-8-9-17-43-31(24)22-36(4)46(41,42)33-14-10-18-45-33/h5-7,10,12-16,18,20,24-26,31,38H,8-9,11,17,19,21-23H2,1-4H3,(H,35,39)/t24-,25-,26-,31+/m0/s1. The molecule has 1 aromatic heterocycles. The van der Waals surface area contributed by atoms with Crippen LogP contribution in [0.3, 0.4) is 0 Å². The molecule has 46 heavy (non-hydrogen) atoms. The number of sulfonamides is 1. The van der Waals surface area contributed by atoms with Crippen molar-refractivity contribution in [2.24, 2.45) is 5.92 Å². The third-order valence-corrected chi connectivity index (χ3v) is 11.3. The molecule has 2 N–H and O–H groups in total. The van der Waals surface area contributed by atoms with E-state index in [9.17, 15) is 23.1 Å². The predicted molar refractivity (Wildman–Crippen MR) is 180 cm³/mol. The molecule has 0 aliphatic carbocycles. The number of anilines is 1. The van der Waals surface area contributed by atoms with Crippen molar-refractivity contribution < 1.29 is 32.6 Å². The number of carbonyl (C=O) groups excluding carboxylic acids is 2. The van der Waals surface area contributed by atoms with Crippen LogP contribution < -0.4 is 10.1 Å². The van der Waals surface area contributed by atoms with Crippen LogP contribution in [0.2, 0.25) is 0 Å². The van der Waals surface area contributed by atoms with E-state index in [2.05, 4.69) is 5.32 Å². The van der Waals surface area contributed by atoms with Crippen molar-refractivity contribution in [3.05, 3.63) is 77.2 Å². The molecule has 0 fully saturated rings. The molecule has 1 aliphatic heterocycles. The highest BCUT2D eigenvalue weighted by Crippen LogP contribution is 2.29. The van der Waals surface area contributed by atoms with Gasteiger partial charge in [0, 0.05) is 38.3 Å². The zero-order valence-corrected chi connectivity index (χ0v) is 28.6. The minimum atomic E-state index is -3.71. The molecule has 0 bridgehead atoms. The highest BCUT2D eigenvalue weighted by atomic mass is 32.2. The lowest BCUT2D eigenvalue weighted by Gasteiger charge is -2.35. The Morgan fingerprint density at radius 3 is 2.59 bits per heavy atom. The summed E-state index contributed by atoms with van der Waals surface area (Å²) >= 11 is 1.16. The molecular formula is C34H45N3O7S2. The van der Waals surface area contributed by atoms with Gasteiger partial charge in [-0.05, 0) is 68.3 Å². The van der Waals surface area contributed by atoms with Crippen molar-refractivity contribution in [2.75, 3.05) is 38.7 Å². The third-order valence-electron chi connectivity index (χ3n) is 8.14. The first-order valence-electron chi connectivity index (χ1n) is 15.7. The second-order valence-electron chi connectivity index (χ2n) is 11.9. The number of nitrogens with zero attached hydrogens (tertiary/aromatic N) is 2. The maximum Gasteiger partial charge on any atom is 0.258 e. The Labute approximate surface area is 276 Å². The van der Waals surface area contributed by atoms with E-state index in [-0.39, 0.29) is 59.7 Å². The van der Waals surface area contributed by atoms with Gasteiger partial charge in [0.1, 0.15) is 9.96 Å².